The fourth-order valence-electron chi connectivity index (χ4n) is 2.93. The molecule has 1 fully saturated rings. The lowest BCUT2D eigenvalue weighted by atomic mass is 10.1. The van der Waals surface area contributed by atoms with Gasteiger partial charge in [0.2, 0.25) is 0 Å². The summed E-state index contributed by atoms with van der Waals surface area (Å²) in [6, 6.07) is 16.4. The summed E-state index contributed by atoms with van der Waals surface area (Å²) in [5.41, 5.74) is 1.80. The second-order valence-electron chi connectivity index (χ2n) is 6.40. The molecule has 2 aromatic carbocycles. The minimum Gasteiger partial charge on any atom is -0.497 e. The molecule has 1 saturated heterocycles. The zero-order valence-electron chi connectivity index (χ0n) is 15.2. The van der Waals surface area contributed by atoms with Gasteiger partial charge in [0.05, 0.1) is 25.9 Å². The largest absolute Gasteiger partial charge is 0.497 e. The molecule has 27 heavy (non-hydrogen) atoms. The van der Waals surface area contributed by atoms with Crippen LogP contribution >= 0.6 is 0 Å². The quantitative estimate of drug-likeness (QED) is 0.595. The molecule has 0 spiro atoms. The van der Waals surface area contributed by atoms with E-state index in [1.165, 1.54) is 0 Å². The second-order valence-corrected chi connectivity index (χ2v) is 6.40. The maximum atomic E-state index is 11.9. The number of para-hydroxylation sites is 1. The van der Waals surface area contributed by atoms with E-state index < -0.39 is 12.2 Å². The van der Waals surface area contributed by atoms with E-state index in [0.29, 0.717) is 18.8 Å². The SMILES string of the molecule is COc1ccc(CN[C@@H]2CO[C@H](CNC(=O)Nc3ccccc3)[C@H]2O)cc1. The van der Waals surface area contributed by atoms with Crippen molar-refractivity contribution in [3.05, 3.63) is 60.2 Å². The summed E-state index contributed by atoms with van der Waals surface area (Å²) in [7, 11) is 1.63. The first-order valence-electron chi connectivity index (χ1n) is 8.91. The van der Waals surface area contributed by atoms with Gasteiger partial charge in [0, 0.05) is 18.8 Å². The smallest absolute Gasteiger partial charge is 0.319 e. The highest BCUT2D eigenvalue weighted by Crippen LogP contribution is 2.16. The number of rotatable bonds is 7. The van der Waals surface area contributed by atoms with Crippen LogP contribution in [0, 0.1) is 0 Å². The van der Waals surface area contributed by atoms with E-state index in [1.54, 1.807) is 19.2 Å². The predicted octanol–water partition coefficient (Wildman–Crippen LogP) is 1.73. The fourth-order valence-corrected chi connectivity index (χ4v) is 2.93. The molecule has 144 valence electrons. The number of hydrogen-bond acceptors (Lipinski definition) is 5. The minimum absolute atomic E-state index is 0.184. The number of anilines is 1. The molecule has 2 amide bonds. The van der Waals surface area contributed by atoms with Crippen LogP contribution < -0.4 is 20.7 Å². The second kappa shape index (κ2) is 9.36. The van der Waals surface area contributed by atoms with Crippen molar-refractivity contribution in [1.29, 1.82) is 0 Å². The summed E-state index contributed by atoms with van der Waals surface area (Å²) in [4.78, 5) is 11.9. The molecule has 0 aromatic heterocycles. The van der Waals surface area contributed by atoms with Crippen molar-refractivity contribution < 1.29 is 19.4 Å². The zero-order valence-corrected chi connectivity index (χ0v) is 15.2. The van der Waals surface area contributed by atoms with Gasteiger partial charge in [-0.1, -0.05) is 30.3 Å². The van der Waals surface area contributed by atoms with Gasteiger partial charge in [-0.3, -0.25) is 0 Å². The van der Waals surface area contributed by atoms with Crippen molar-refractivity contribution >= 4 is 11.7 Å². The van der Waals surface area contributed by atoms with Crippen LogP contribution in [-0.4, -0.2) is 49.6 Å². The van der Waals surface area contributed by atoms with Gasteiger partial charge in [0.1, 0.15) is 11.9 Å². The van der Waals surface area contributed by atoms with E-state index in [2.05, 4.69) is 16.0 Å². The Morgan fingerprint density at radius 3 is 2.63 bits per heavy atom. The van der Waals surface area contributed by atoms with Crippen molar-refractivity contribution in [2.45, 2.75) is 24.8 Å². The molecule has 3 rings (SSSR count). The molecule has 4 N–H and O–H groups in total. The van der Waals surface area contributed by atoms with Gasteiger partial charge in [0.25, 0.3) is 0 Å². The van der Waals surface area contributed by atoms with Crippen molar-refractivity contribution in [3.8, 4) is 5.75 Å². The summed E-state index contributed by atoms with van der Waals surface area (Å²) in [5.74, 6) is 0.808. The number of aliphatic hydroxyl groups excluding tert-OH is 1. The first-order valence-corrected chi connectivity index (χ1v) is 8.91. The Balaban J connectivity index is 1.41. The standard InChI is InChI=1S/C20H25N3O4/c1-26-16-9-7-14(8-10-16)11-21-17-13-27-18(19(17)24)12-22-20(25)23-15-5-3-2-4-6-15/h2-10,17-19,21,24H,11-13H2,1H3,(H2,22,23,25)/t17-,18-,19+/m1/s1. The van der Waals surface area contributed by atoms with Crippen LogP contribution in [0.3, 0.4) is 0 Å². The molecule has 3 atom stereocenters. The Hall–Kier alpha value is -2.61. The fraction of sp³-hybridized carbons (Fsp3) is 0.350. The minimum atomic E-state index is -0.694. The molecule has 0 radical (unpaired) electrons. The first-order chi connectivity index (χ1) is 13.2. The highest BCUT2D eigenvalue weighted by molar-refractivity contribution is 5.89. The number of nitrogens with one attached hydrogen (secondary N) is 3. The Morgan fingerprint density at radius 2 is 1.93 bits per heavy atom. The van der Waals surface area contributed by atoms with E-state index in [4.69, 9.17) is 9.47 Å². The van der Waals surface area contributed by atoms with E-state index in [9.17, 15) is 9.90 Å². The van der Waals surface area contributed by atoms with E-state index >= 15 is 0 Å². The Morgan fingerprint density at radius 1 is 1.19 bits per heavy atom. The molecule has 7 nitrogen and oxygen atoms in total. The summed E-state index contributed by atoms with van der Waals surface area (Å²) < 4.78 is 10.8. The molecule has 2 aromatic rings. The van der Waals surface area contributed by atoms with E-state index in [1.807, 2.05) is 42.5 Å². The third-order valence-corrected chi connectivity index (χ3v) is 4.51. The van der Waals surface area contributed by atoms with Gasteiger partial charge in [0.15, 0.2) is 0 Å². The van der Waals surface area contributed by atoms with Crippen LogP contribution in [0.15, 0.2) is 54.6 Å². The third-order valence-electron chi connectivity index (χ3n) is 4.51. The molecule has 7 heteroatoms. The van der Waals surface area contributed by atoms with Crippen LogP contribution in [0.2, 0.25) is 0 Å². The number of urea groups is 1. The van der Waals surface area contributed by atoms with Gasteiger partial charge in [-0.15, -0.1) is 0 Å². The van der Waals surface area contributed by atoms with Crippen LogP contribution in [0.1, 0.15) is 5.56 Å². The normalized spacial score (nSPS) is 21.6. The van der Waals surface area contributed by atoms with Gasteiger partial charge >= 0.3 is 6.03 Å². The molecule has 0 saturated carbocycles. The Labute approximate surface area is 158 Å². The molecule has 1 aliphatic rings. The van der Waals surface area contributed by atoms with Crippen molar-refractivity contribution in [3.63, 3.8) is 0 Å². The van der Waals surface area contributed by atoms with Crippen molar-refractivity contribution in [2.75, 3.05) is 25.6 Å². The maximum absolute atomic E-state index is 11.9. The Kier molecular flexibility index (Phi) is 6.64. The lowest BCUT2D eigenvalue weighted by Gasteiger charge is -2.19. The topological polar surface area (TPSA) is 91.8 Å². The number of ether oxygens (including phenoxy) is 2. The lowest BCUT2D eigenvalue weighted by molar-refractivity contribution is 0.0428. The van der Waals surface area contributed by atoms with Crippen molar-refractivity contribution in [1.82, 2.24) is 10.6 Å². The average molecular weight is 371 g/mol. The predicted molar refractivity (Wildman–Crippen MR) is 103 cm³/mol. The summed E-state index contributed by atoms with van der Waals surface area (Å²) in [5, 5.41) is 19.2. The first kappa shape index (κ1) is 19.2. The summed E-state index contributed by atoms with van der Waals surface area (Å²) in [6.45, 7) is 1.24. The highest BCUT2D eigenvalue weighted by atomic mass is 16.5. The summed E-state index contributed by atoms with van der Waals surface area (Å²) >= 11 is 0. The molecular formula is C20H25N3O4. The van der Waals surface area contributed by atoms with Crippen LogP contribution in [0.5, 0.6) is 5.75 Å². The number of aliphatic hydroxyl groups is 1. The molecule has 1 aliphatic heterocycles. The monoisotopic (exact) mass is 371 g/mol. The van der Waals surface area contributed by atoms with E-state index in [-0.39, 0.29) is 18.6 Å². The lowest BCUT2D eigenvalue weighted by Crippen LogP contribution is -2.45. The number of amides is 2. The molecule has 1 heterocycles. The van der Waals surface area contributed by atoms with Crippen LogP contribution in [-0.2, 0) is 11.3 Å². The third kappa shape index (κ3) is 5.43. The van der Waals surface area contributed by atoms with Gasteiger partial charge in [-0.2, -0.15) is 0 Å². The van der Waals surface area contributed by atoms with Crippen LogP contribution in [0.25, 0.3) is 0 Å². The molecule has 0 aliphatic carbocycles. The van der Waals surface area contributed by atoms with Crippen molar-refractivity contribution in [2.24, 2.45) is 0 Å². The number of carbonyl (C=O) groups is 1. The highest BCUT2D eigenvalue weighted by Gasteiger charge is 2.35. The van der Waals surface area contributed by atoms with Crippen LogP contribution in [0.4, 0.5) is 10.5 Å². The van der Waals surface area contributed by atoms with E-state index in [0.717, 1.165) is 11.3 Å². The molecule has 0 bridgehead atoms. The summed E-state index contributed by atoms with van der Waals surface area (Å²) in [6.07, 6.45) is -1.14. The number of carbonyl (C=O) groups excluding carboxylic acids is 1. The van der Waals surface area contributed by atoms with Gasteiger partial charge in [-0.05, 0) is 29.8 Å². The van der Waals surface area contributed by atoms with Gasteiger partial charge in [-0.25, -0.2) is 4.79 Å². The molecular weight excluding hydrogens is 346 g/mol. The van der Waals surface area contributed by atoms with Gasteiger partial charge < -0.3 is 30.5 Å². The zero-order chi connectivity index (χ0) is 19.1. The maximum Gasteiger partial charge on any atom is 0.319 e. The molecule has 0 unspecified atom stereocenters. The number of benzene rings is 2. The number of hydrogen-bond donors (Lipinski definition) is 4. The Bertz CT molecular complexity index is 724. The number of methoxy groups -OCH3 is 1. The average Bonchev–Trinajstić information content (AvgIpc) is 3.05.